The van der Waals surface area contributed by atoms with E-state index in [-0.39, 0.29) is 11.9 Å². The number of imidazole rings is 1. The predicted octanol–water partition coefficient (Wildman–Crippen LogP) is 1.81. The van der Waals surface area contributed by atoms with Crippen molar-refractivity contribution in [1.82, 2.24) is 25.6 Å². The summed E-state index contributed by atoms with van der Waals surface area (Å²) in [4.78, 5) is 23.9. The van der Waals surface area contributed by atoms with Gasteiger partial charge in [-0.05, 0) is 23.3 Å². The molecule has 6 heteroatoms. The van der Waals surface area contributed by atoms with Crippen molar-refractivity contribution >= 4 is 17.1 Å². The average Bonchev–Trinajstić information content (AvgIpc) is 3.17. The van der Waals surface area contributed by atoms with E-state index < -0.39 is 0 Å². The number of carbonyl (C=O) groups excluding carboxylic acids is 1. The van der Waals surface area contributed by atoms with Crippen molar-refractivity contribution in [2.45, 2.75) is 25.6 Å². The van der Waals surface area contributed by atoms with E-state index in [2.05, 4.69) is 37.7 Å². The van der Waals surface area contributed by atoms with Gasteiger partial charge in [-0.3, -0.25) is 4.79 Å². The maximum absolute atomic E-state index is 12.2. The van der Waals surface area contributed by atoms with Gasteiger partial charge < -0.3 is 15.6 Å². The molecule has 2 aromatic heterocycles. The largest absolute Gasteiger partial charge is 0.349 e. The molecule has 0 aliphatic carbocycles. The zero-order valence-electron chi connectivity index (χ0n) is 12.5. The molecule has 6 nitrogen and oxygen atoms in total. The molecule has 1 aromatic carbocycles. The number of H-pyrrole nitrogens is 1. The molecule has 0 radical (unpaired) electrons. The van der Waals surface area contributed by atoms with Gasteiger partial charge in [-0.25, -0.2) is 9.97 Å². The first-order valence-corrected chi connectivity index (χ1v) is 7.67. The van der Waals surface area contributed by atoms with E-state index in [0.29, 0.717) is 24.4 Å². The predicted molar refractivity (Wildman–Crippen MR) is 86.4 cm³/mol. The second-order valence-electron chi connectivity index (χ2n) is 5.67. The molecule has 0 fully saturated rings. The minimum Gasteiger partial charge on any atom is -0.349 e. The highest BCUT2D eigenvalue weighted by Gasteiger charge is 2.23. The molecule has 4 rings (SSSR count). The normalized spacial score (nSPS) is 16.4. The van der Waals surface area contributed by atoms with Crippen LogP contribution in [-0.2, 0) is 17.9 Å². The van der Waals surface area contributed by atoms with Crippen LogP contribution in [0.15, 0.2) is 42.6 Å². The maximum Gasteiger partial charge on any atom is 0.222 e. The fourth-order valence-electron chi connectivity index (χ4n) is 2.98. The van der Waals surface area contributed by atoms with Crippen LogP contribution in [0.4, 0.5) is 0 Å². The number of nitrogens with zero attached hydrogens (tertiary/aromatic N) is 2. The van der Waals surface area contributed by atoms with Gasteiger partial charge in [0.2, 0.25) is 5.91 Å². The Hall–Kier alpha value is -2.73. The third-order valence-electron chi connectivity index (χ3n) is 4.12. The minimum atomic E-state index is 0.00705. The van der Waals surface area contributed by atoms with Crippen molar-refractivity contribution in [2.24, 2.45) is 0 Å². The molecule has 0 saturated carbocycles. The lowest BCUT2D eigenvalue weighted by Crippen LogP contribution is -2.27. The lowest BCUT2D eigenvalue weighted by molar-refractivity contribution is -0.121. The number of aromatic nitrogens is 3. The number of benzene rings is 1. The van der Waals surface area contributed by atoms with Crippen LogP contribution in [0.5, 0.6) is 0 Å². The summed E-state index contributed by atoms with van der Waals surface area (Å²) >= 11 is 0. The topological polar surface area (TPSA) is 82.7 Å². The van der Waals surface area contributed by atoms with Gasteiger partial charge in [-0.15, -0.1) is 0 Å². The van der Waals surface area contributed by atoms with Crippen molar-refractivity contribution in [3.8, 4) is 0 Å². The second kappa shape index (κ2) is 5.81. The van der Waals surface area contributed by atoms with Gasteiger partial charge in [-0.1, -0.05) is 24.3 Å². The van der Waals surface area contributed by atoms with Crippen LogP contribution in [0, 0.1) is 0 Å². The quantitative estimate of drug-likeness (QED) is 0.686. The Morgan fingerprint density at radius 3 is 3.09 bits per heavy atom. The number of hydrogen-bond donors (Lipinski definition) is 3. The van der Waals surface area contributed by atoms with E-state index in [4.69, 9.17) is 0 Å². The van der Waals surface area contributed by atoms with Crippen LogP contribution in [0.2, 0.25) is 0 Å². The molecule has 1 atom stereocenters. The first-order chi connectivity index (χ1) is 11.3. The number of amides is 1. The molecule has 3 N–H and O–H groups in total. The van der Waals surface area contributed by atoms with Crippen LogP contribution in [0.3, 0.4) is 0 Å². The Bertz CT molecular complexity index is 824. The molecule has 1 unspecified atom stereocenters. The first kappa shape index (κ1) is 13.9. The van der Waals surface area contributed by atoms with Crippen LogP contribution < -0.4 is 10.6 Å². The summed E-state index contributed by atoms with van der Waals surface area (Å²) < 4.78 is 0. The highest BCUT2D eigenvalue weighted by Crippen LogP contribution is 2.27. The highest BCUT2D eigenvalue weighted by molar-refractivity contribution is 5.77. The van der Waals surface area contributed by atoms with E-state index in [1.807, 2.05) is 24.3 Å². The van der Waals surface area contributed by atoms with Crippen LogP contribution >= 0.6 is 0 Å². The summed E-state index contributed by atoms with van der Waals surface area (Å²) in [7, 11) is 0. The summed E-state index contributed by atoms with van der Waals surface area (Å²) in [5.74, 6) is 0.722. The van der Waals surface area contributed by atoms with Gasteiger partial charge in [-0.2, -0.15) is 0 Å². The fourth-order valence-corrected chi connectivity index (χ4v) is 2.98. The molecule has 3 aromatic rings. The summed E-state index contributed by atoms with van der Waals surface area (Å²) in [5, 5.41) is 6.30. The molecule has 1 aliphatic heterocycles. The van der Waals surface area contributed by atoms with Gasteiger partial charge in [0.05, 0.1) is 12.1 Å². The summed E-state index contributed by atoms with van der Waals surface area (Å²) in [5.41, 5.74) is 4.04. The van der Waals surface area contributed by atoms with Crippen molar-refractivity contribution in [3.63, 3.8) is 0 Å². The number of rotatable bonds is 4. The Morgan fingerprint density at radius 1 is 1.26 bits per heavy atom. The minimum absolute atomic E-state index is 0.00705. The van der Waals surface area contributed by atoms with Crippen molar-refractivity contribution in [2.75, 3.05) is 0 Å². The number of hydrogen-bond acceptors (Lipinski definition) is 4. The first-order valence-electron chi connectivity index (χ1n) is 7.67. The monoisotopic (exact) mass is 307 g/mol. The molecule has 0 bridgehead atoms. The Labute approximate surface area is 133 Å². The van der Waals surface area contributed by atoms with Crippen LogP contribution in [0.1, 0.15) is 29.4 Å². The van der Waals surface area contributed by atoms with Crippen LogP contribution in [0.25, 0.3) is 11.2 Å². The Morgan fingerprint density at radius 2 is 2.17 bits per heavy atom. The number of carbonyl (C=O) groups is 1. The van der Waals surface area contributed by atoms with E-state index in [9.17, 15) is 4.79 Å². The van der Waals surface area contributed by atoms with Crippen molar-refractivity contribution in [1.29, 1.82) is 0 Å². The van der Waals surface area contributed by atoms with E-state index >= 15 is 0 Å². The molecule has 23 heavy (non-hydrogen) atoms. The smallest absolute Gasteiger partial charge is 0.222 e. The number of nitrogens with one attached hydrogen (secondary N) is 3. The van der Waals surface area contributed by atoms with E-state index in [1.165, 1.54) is 11.1 Å². The van der Waals surface area contributed by atoms with Gasteiger partial charge >= 0.3 is 0 Å². The van der Waals surface area contributed by atoms with Gasteiger partial charge in [0.1, 0.15) is 5.82 Å². The third-order valence-corrected chi connectivity index (χ3v) is 4.12. The molecule has 116 valence electrons. The van der Waals surface area contributed by atoms with Gasteiger partial charge in [0, 0.05) is 25.2 Å². The standard InChI is InChI=1S/C17H17N5O/c23-16(8-14-12-5-2-1-4-11(12)9-19-14)20-10-15-21-13-6-3-7-18-17(13)22-15/h1-7,14,19H,8-10H2,(H,20,23)(H,18,21,22). The summed E-state index contributed by atoms with van der Waals surface area (Å²) in [6, 6.07) is 12.1. The molecule has 1 amide bonds. The second-order valence-corrected chi connectivity index (χ2v) is 5.67. The third kappa shape index (κ3) is 2.80. The number of pyridine rings is 1. The van der Waals surface area contributed by atoms with E-state index in [0.717, 1.165) is 12.1 Å². The van der Waals surface area contributed by atoms with Crippen molar-refractivity contribution in [3.05, 3.63) is 59.5 Å². The maximum atomic E-state index is 12.2. The fraction of sp³-hybridized carbons (Fsp3) is 0.235. The molecular weight excluding hydrogens is 290 g/mol. The lowest BCUT2D eigenvalue weighted by Gasteiger charge is -2.11. The molecule has 3 heterocycles. The number of fused-ring (bicyclic) bond motifs is 2. The van der Waals surface area contributed by atoms with E-state index in [1.54, 1.807) is 6.20 Å². The highest BCUT2D eigenvalue weighted by atomic mass is 16.1. The van der Waals surface area contributed by atoms with Gasteiger partial charge in [0.25, 0.3) is 0 Å². The average molecular weight is 307 g/mol. The molecule has 1 aliphatic rings. The zero-order valence-corrected chi connectivity index (χ0v) is 12.5. The summed E-state index contributed by atoms with van der Waals surface area (Å²) in [6.07, 6.45) is 2.13. The summed E-state index contributed by atoms with van der Waals surface area (Å²) in [6.45, 7) is 1.20. The Balaban J connectivity index is 1.37. The SMILES string of the molecule is O=C(CC1NCc2ccccc21)NCc1nc2ncccc2[nH]1. The molecule has 0 saturated heterocycles. The zero-order chi connectivity index (χ0) is 15.6. The van der Waals surface area contributed by atoms with Crippen LogP contribution in [-0.4, -0.2) is 20.9 Å². The number of aromatic amines is 1. The van der Waals surface area contributed by atoms with Gasteiger partial charge in [0.15, 0.2) is 5.65 Å². The Kier molecular flexibility index (Phi) is 3.51. The van der Waals surface area contributed by atoms with Crippen molar-refractivity contribution < 1.29 is 4.79 Å². The molecular formula is C17H17N5O. The molecule has 0 spiro atoms. The lowest BCUT2D eigenvalue weighted by atomic mass is 10.0.